The maximum absolute atomic E-state index is 12.2. The van der Waals surface area contributed by atoms with Gasteiger partial charge in [0.2, 0.25) is 5.91 Å². The molecule has 2 heterocycles. The zero-order valence-electron chi connectivity index (χ0n) is 15.1. The Morgan fingerprint density at radius 3 is 3.00 bits per heavy atom. The van der Waals surface area contributed by atoms with Gasteiger partial charge in [-0.3, -0.25) is 9.59 Å². The van der Waals surface area contributed by atoms with Gasteiger partial charge in [0, 0.05) is 17.4 Å². The average molecular weight is 385 g/mol. The van der Waals surface area contributed by atoms with Crippen LogP contribution in [-0.4, -0.2) is 23.4 Å². The summed E-state index contributed by atoms with van der Waals surface area (Å²) in [5.74, 6) is 1.23. The van der Waals surface area contributed by atoms with Crippen molar-refractivity contribution in [2.75, 3.05) is 17.2 Å². The predicted octanol–water partition coefficient (Wildman–Crippen LogP) is 4.44. The molecule has 6 nitrogen and oxygen atoms in total. The van der Waals surface area contributed by atoms with Crippen LogP contribution >= 0.6 is 11.3 Å². The lowest BCUT2D eigenvalue weighted by molar-refractivity contribution is -0.118. The molecule has 2 aliphatic rings. The highest BCUT2D eigenvalue weighted by Crippen LogP contribution is 2.34. The van der Waals surface area contributed by atoms with E-state index in [9.17, 15) is 9.59 Å². The van der Waals surface area contributed by atoms with Crippen molar-refractivity contribution in [3.05, 3.63) is 23.6 Å². The Labute approximate surface area is 162 Å². The van der Waals surface area contributed by atoms with Crippen LogP contribution < -0.4 is 15.4 Å². The summed E-state index contributed by atoms with van der Waals surface area (Å²) < 4.78 is 5.37. The van der Waals surface area contributed by atoms with Gasteiger partial charge >= 0.3 is 0 Å². The molecule has 0 spiro atoms. The molecular weight excluding hydrogens is 362 g/mol. The van der Waals surface area contributed by atoms with E-state index in [1.165, 1.54) is 43.4 Å². The van der Waals surface area contributed by atoms with Crippen molar-refractivity contribution in [3.8, 4) is 17.0 Å². The normalized spacial score (nSPS) is 17.0. The first-order chi connectivity index (χ1) is 13.2. The van der Waals surface area contributed by atoms with Crippen molar-refractivity contribution < 1.29 is 14.3 Å². The van der Waals surface area contributed by atoms with Gasteiger partial charge < -0.3 is 15.4 Å². The second kappa shape index (κ2) is 8.08. The van der Waals surface area contributed by atoms with Crippen LogP contribution in [0.1, 0.15) is 44.9 Å². The number of amides is 2. The molecule has 1 aliphatic carbocycles. The number of carbonyl (C=O) groups is 2. The third-order valence-corrected chi connectivity index (χ3v) is 5.92. The van der Waals surface area contributed by atoms with Gasteiger partial charge in [0.1, 0.15) is 5.75 Å². The fourth-order valence-electron chi connectivity index (χ4n) is 3.70. The SMILES string of the molecule is O=C(CCC1CCCCC1)Nc1nc(-c2ccc3c(c2)NC(=O)CO3)cs1. The minimum Gasteiger partial charge on any atom is -0.482 e. The molecule has 27 heavy (non-hydrogen) atoms. The number of benzene rings is 1. The molecule has 0 radical (unpaired) electrons. The minimum absolute atomic E-state index is 0.0348. The van der Waals surface area contributed by atoms with Crippen molar-refractivity contribution in [1.82, 2.24) is 4.98 Å². The third-order valence-electron chi connectivity index (χ3n) is 5.16. The fourth-order valence-corrected chi connectivity index (χ4v) is 4.43. The number of anilines is 2. The molecule has 2 N–H and O–H groups in total. The van der Waals surface area contributed by atoms with E-state index in [2.05, 4.69) is 15.6 Å². The standard InChI is InChI=1S/C20H23N3O3S/c24-18(9-6-13-4-2-1-3-5-13)23-20-22-16(12-27-20)14-7-8-17-15(10-14)21-19(25)11-26-17/h7-8,10,12-13H,1-6,9,11H2,(H,21,25)(H,22,23,24). The number of thiazole rings is 1. The second-order valence-corrected chi connectivity index (χ2v) is 8.03. The first-order valence-electron chi connectivity index (χ1n) is 9.50. The zero-order valence-corrected chi connectivity index (χ0v) is 15.9. The molecule has 2 aromatic rings. The van der Waals surface area contributed by atoms with Gasteiger partial charge in [-0.25, -0.2) is 4.98 Å². The van der Waals surface area contributed by atoms with Crippen LogP contribution in [0.5, 0.6) is 5.75 Å². The lowest BCUT2D eigenvalue weighted by Gasteiger charge is -2.20. The highest BCUT2D eigenvalue weighted by molar-refractivity contribution is 7.14. The molecule has 142 valence electrons. The van der Waals surface area contributed by atoms with E-state index in [0.717, 1.165) is 17.7 Å². The van der Waals surface area contributed by atoms with E-state index in [1.54, 1.807) is 0 Å². The third kappa shape index (κ3) is 4.47. The smallest absolute Gasteiger partial charge is 0.262 e. The van der Waals surface area contributed by atoms with Crippen molar-refractivity contribution in [2.45, 2.75) is 44.9 Å². The number of hydrogen-bond acceptors (Lipinski definition) is 5. The second-order valence-electron chi connectivity index (χ2n) is 7.18. The number of rotatable bonds is 5. The quantitative estimate of drug-likeness (QED) is 0.797. The molecule has 2 amide bonds. The number of aromatic nitrogens is 1. The van der Waals surface area contributed by atoms with E-state index < -0.39 is 0 Å². The number of nitrogens with zero attached hydrogens (tertiary/aromatic N) is 1. The minimum atomic E-state index is -0.163. The molecular formula is C20H23N3O3S. The Balaban J connectivity index is 1.36. The van der Waals surface area contributed by atoms with Crippen LogP contribution in [-0.2, 0) is 9.59 Å². The fraction of sp³-hybridized carbons (Fsp3) is 0.450. The van der Waals surface area contributed by atoms with Gasteiger partial charge in [-0.2, -0.15) is 0 Å². The number of fused-ring (bicyclic) bond motifs is 1. The Morgan fingerprint density at radius 2 is 2.15 bits per heavy atom. The van der Waals surface area contributed by atoms with E-state index >= 15 is 0 Å². The molecule has 0 saturated heterocycles. The van der Waals surface area contributed by atoms with Gasteiger partial charge in [-0.15, -0.1) is 11.3 Å². The average Bonchev–Trinajstić information content (AvgIpc) is 3.15. The van der Waals surface area contributed by atoms with Crippen molar-refractivity contribution >= 4 is 34.0 Å². The number of ether oxygens (including phenoxy) is 1. The molecule has 1 aromatic carbocycles. The topological polar surface area (TPSA) is 80.3 Å². The van der Waals surface area contributed by atoms with E-state index in [-0.39, 0.29) is 18.4 Å². The molecule has 1 fully saturated rings. The van der Waals surface area contributed by atoms with E-state index in [0.29, 0.717) is 28.9 Å². The van der Waals surface area contributed by atoms with Gasteiger partial charge in [-0.05, 0) is 30.5 Å². The number of carbonyl (C=O) groups excluding carboxylic acids is 2. The summed E-state index contributed by atoms with van der Waals surface area (Å²) in [6.45, 7) is 0.0418. The summed E-state index contributed by atoms with van der Waals surface area (Å²) in [5.41, 5.74) is 2.29. The Kier molecular flexibility index (Phi) is 5.38. The monoisotopic (exact) mass is 385 g/mol. The summed E-state index contributed by atoms with van der Waals surface area (Å²) in [7, 11) is 0. The Hall–Kier alpha value is -2.41. The molecule has 4 rings (SSSR count). The van der Waals surface area contributed by atoms with Crippen LogP contribution in [0.3, 0.4) is 0 Å². The van der Waals surface area contributed by atoms with E-state index in [4.69, 9.17) is 4.74 Å². The molecule has 1 saturated carbocycles. The molecule has 1 aromatic heterocycles. The van der Waals surface area contributed by atoms with Crippen LogP contribution in [0.2, 0.25) is 0 Å². The maximum Gasteiger partial charge on any atom is 0.262 e. The largest absolute Gasteiger partial charge is 0.482 e. The van der Waals surface area contributed by atoms with Crippen LogP contribution in [0.15, 0.2) is 23.6 Å². The van der Waals surface area contributed by atoms with Gasteiger partial charge in [0.25, 0.3) is 5.91 Å². The van der Waals surface area contributed by atoms with Crippen LogP contribution in [0, 0.1) is 5.92 Å². The lowest BCUT2D eigenvalue weighted by atomic mass is 9.86. The molecule has 0 bridgehead atoms. The van der Waals surface area contributed by atoms with Crippen molar-refractivity contribution in [3.63, 3.8) is 0 Å². The number of nitrogens with one attached hydrogen (secondary N) is 2. The van der Waals surface area contributed by atoms with Gasteiger partial charge in [0.05, 0.1) is 11.4 Å². The lowest BCUT2D eigenvalue weighted by Crippen LogP contribution is -2.25. The zero-order chi connectivity index (χ0) is 18.6. The Bertz CT molecular complexity index is 843. The summed E-state index contributed by atoms with van der Waals surface area (Å²) in [6.07, 6.45) is 7.97. The summed E-state index contributed by atoms with van der Waals surface area (Å²) in [4.78, 5) is 28.2. The number of hydrogen-bond donors (Lipinski definition) is 2. The highest BCUT2D eigenvalue weighted by Gasteiger charge is 2.18. The van der Waals surface area contributed by atoms with Gasteiger partial charge in [0.15, 0.2) is 11.7 Å². The van der Waals surface area contributed by atoms with Crippen LogP contribution in [0.4, 0.5) is 10.8 Å². The summed E-state index contributed by atoms with van der Waals surface area (Å²) in [5, 5.41) is 8.23. The predicted molar refractivity (Wildman–Crippen MR) is 106 cm³/mol. The summed E-state index contributed by atoms with van der Waals surface area (Å²) in [6, 6.07) is 5.57. The summed E-state index contributed by atoms with van der Waals surface area (Å²) >= 11 is 1.41. The van der Waals surface area contributed by atoms with Crippen LogP contribution in [0.25, 0.3) is 11.3 Å². The maximum atomic E-state index is 12.2. The van der Waals surface area contributed by atoms with Crippen molar-refractivity contribution in [2.24, 2.45) is 5.92 Å². The Morgan fingerprint density at radius 1 is 1.30 bits per heavy atom. The molecule has 1 aliphatic heterocycles. The molecule has 0 unspecified atom stereocenters. The van der Waals surface area contributed by atoms with Gasteiger partial charge in [-0.1, -0.05) is 32.1 Å². The molecule has 0 atom stereocenters. The van der Waals surface area contributed by atoms with E-state index in [1.807, 2.05) is 23.6 Å². The highest BCUT2D eigenvalue weighted by atomic mass is 32.1. The molecule has 7 heteroatoms. The first kappa shape index (κ1) is 18.0. The first-order valence-corrected chi connectivity index (χ1v) is 10.4. The van der Waals surface area contributed by atoms with Crippen molar-refractivity contribution in [1.29, 1.82) is 0 Å².